The molecule has 0 bridgehead atoms. The number of anilines is 1. The first-order valence-corrected chi connectivity index (χ1v) is 6.22. The maximum absolute atomic E-state index is 13.4. The van der Waals surface area contributed by atoms with E-state index in [1.165, 1.54) is 30.0 Å². The van der Waals surface area contributed by atoms with Gasteiger partial charge >= 0.3 is 6.03 Å². The molecule has 0 spiro atoms. The predicted molar refractivity (Wildman–Crippen MR) is 68.3 cm³/mol. The molecule has 0 saturated carbocycles. The first kappa shape index (κ1) is 12.2. The third-order valence-electron chi connectivity index (χ3n) is 2.01. The Balaban J connectivity index is 2.02. The Morgan fingerprint density at radius 1 is 1.47 bits per heavy atom. The van der Waals surface area contributed by atoms with Crippen molar-refractivity contribution in [3.05, 3.63) is 29.0 Å². The predicted octanol–water partition coefficient (Wildman–Crippen LogP) is 2.70. The maximum Gasteiger partial charge on any atom is 0.325 e. The number of amidine groups is 1. The number of rotatable bonds is 1. The van der Waals surface area contributed by atoms with Crippen LogP contribution in [0.3, 0.4) is 0 Å². The zero-order valence-electron chi connectivity index (χ0n) is 8.67. The molecule has 90 valence electrons. The van der Waals surface area contributed by atoms with E-state index in [2.05, 4.69) is 15.6 Å². The van der Waals surface area contributed by atoms with Gasteiger partial charge in [-0.25, -0.2) is 9.18 Å². The lowest BCUT2D eigenvalue weighted by Gasteiger charge is -2.08. The SMILES string of the molecule is O=C(NC1=NCCS1)Nc1c(F)cccc1Cl. The number of halogens is 2. The molecule has 1 heterocycles. The fourth-order valence-corrected chi connectivity index (χ4v) is 2.20. The summed E-state index contributed by atoms with van der Waals surface area (Å²) < 4.78 is 13.4. The summed E-state index contributed by atoms with van der Waals surface area (Å²) in [5.41, 5.74) is -0.0322. The van der Waals surface area contributed by atoms with E-state index in [1.807, 2.05) is 0 Å². The largest absolute Gasteiger partial charge is 0.325 e. The van der Waals surface area contributed by atoms with Crippen LogP contribution in [0.15, 0.2) is 23.2 Å². The van der Waals surface area contributed by atoms with Crippen LogP contribution in [0.5, 0.6) is 0 Å². The molecular weight excluding hydrogens is 265 g/mol. The number of urea groups is 1. The molecule has 0 radical (unpaired) electrons. The zero-order valence-corrected chi connectivity index (χ0v) is 10.2. The summed E-state index contributed by atoms with van der Waals surface area (Å²) in [5.74, 6) is 0.268. The molecule has 0 unspecified atom stereocenters. The van der Waals surface area contributed by atoms with Gasteiger partial charge in [0.25, 0.3) is 0 Å². The number of amides is 2. The Bertz CT molecular complexity index is 460. The summed E-state index contributed by atoms with van der Waals surface area (Å²) in [6.07, 6.45) is 0. The third-order valence-corrected chi connectivity index (χ3v) is 3.21. The standard InChI is InChI=1S/C10H9ClFN3OS/c11-6-2-1-3-7(12)8(6)14-9(16)15-10-13-4-5-17-10/h1-3H,4-5H2,(H2,13,14,15,16). The van der Waals surface area contributed by atoms with Crippen molar-refractivity contribution in [2.24, 2.45) is 4.99 Å². The number of para-hydroxylation sites is 1. The van der Waals surface area contributed by atoms with Crippen molar-refractivity contribution in [2.75, 3.05) is 17.6 Å². The molecule has 4 nitrogen and oxygen atoms in total. The quantitative estimate of drug-likeness (QED) is 0.827. The molecule has 0 fully saturated rings. The highest BCUT2D eigenvalue weighted by atomic mass is 35.5. The van der Waals surface area contributed by atoms with Gasteiger partial charge in [-0.15, -0.1) is 0 Å². The lowest BCUT2D eigenvalue weighted by atomic mass is 10.3. The van der Waals surface area contributed by atoms with Gasteiger partial charge in [-0.05, 0) is 12.1 Å². The highest BCUT2D eigenvalue weighted by molar-refractivity contribution is 8.14. The first-order valence-electron chi connectivity index (χ1n) is 4.86. The Labute approximate surface area is 107 Å². The lowest BCUT2D eigenvalue weighted by molar-refractivity contribution is 0.256. The van der Waals surface area contributed by atoms with Crippen LogP contribution in [0, 0.1) is 5.82 Å². The van der Waals surface area contributed by atoms with Gasteiger partial charge in [0.2, 0.25) is 0 Å². The highest BCUT2D eigenvalue weighted by Gasteiger charge is 2.14. The van der Waals surface area contributed by atoms with Gasteiger partial charge in [-0.2, -0.15) is 0 Å². The molecule has 7 heteroatoms. The monoisotopic (exact) mass is 273 g/mol. The molecule has 17 heavy (non-hydrogen) atoms. The lowest BCUT2D eigenvalue weighted by Crippen LogP contribution is -2.32. The normalized spacial score (nSPS) is 14.4. The average molecular weight is 274 g/mol. The van der Waals surface area contributed by atoms with Crippen LogP contribution in [0.4, 0.5) is 14.9 Å². The molecule has 1 aromatic carbocycles. The minimum absolute atomic E-state index is 0.0322. The summed E-state index contributed by atoms with van der Waals surface area (Å²) in [4.78, 5) is 15.6. The van der Waals surface area contributed by atoms with Gasteiger partial charge in [0.1, 0.15) is 5.82 Å². The van der Waals surface area contributed by atoms with Crippen LogP contribution in [0.2, 0.25) is 5.02 Å². The van der Waals surface area contributed by atoms with Gasteiger partial charge in [-0.3, -0.25) is 10.3 Å². The Morgan fingerprint density at radius 2 is 2.29 bits per heavy atom. The van der Waals surface area contributed by atoms with Gasteiger partial charge in [0, 0.05) is 5.75 Å². The number of carbonyl (C=O) groups excluding carboxylic acids is 1. The van der Waals surface area contributed by atoms with E-state index in [9.17, 15) is 9.18 Å². The molecule has 0 aromatic heterocycles. The van der Waals surface area contributed by atoms with E-state index >= 15 is 0 Å². The van der Waals surface area contributed by atoms with Crippen molar-refractivity contribution < 1.29 is 9.18 Å². The van der Waals surface area contributed by atoms with Crippen molar-refractivity contribution in [3.63, 3.8) is 0 Å². The topological polar surface area (TPSA) is 53.5 Å². The number of aliphatic imine (C=N–C) groups is 1. The third kappa shape index (κ3) is 3.10. The molecular formula is C10H9ClFN3OS. The number of thioether (sulfide) groups is 1. The van der Waals surface area contributed by atoms with Crippen LogP contribution >= 0.6 is 23.4 Å². The van der Waals surface area contributed by atoms with E-state index in [0.29, 0.717) is 11.7 Å². The molecule has 2 rings (SSSR count). The van der Waals surface area contributed by atoms with Crippen LogP contribution in [-0.2, 0) is 0 Å². The van der Waals surface area contributed by atoms with Crippen molar-refractivity contribution in [1.82, 2.24) is 5.32 Å². The van der Waals surface area contributed by atoms with Gasteiger partial charge < -0.3 is 5.32 Å². The van der Waals surface area contributed by atoms with Crippen molar-refractivity contribution in [3.8, 4) is 0 Å². The molecule has 0 saturated heterocycles. The fourth-order valence-electron chi connectivity index (χ4n) is 1.27. The van der Waals surface area contributed by atoms with Crippen molar-refractivity contribution in [1.29, 1.82) is 0 Å². The summed E-state index contributed by atoms with van der Waals surface area (Å²) in [6, 6.07) is 3.65. The van der Waals surface area contributed by atoms with Crippen LogP contribution < -0.4 is 10.6 Å². The van der Waals surface area contributed by atoms with E-state index in [1.54, 1.807) is 0 Å². The number of carbonyl (C=O) groups is 1. The number of nitrogens with zero attached hydrogens (tertiary/aromatic N) is 1. The summed E-state index contributed by atoms with van der Waals surface area (Å²) >= 11 is 7.21. The molecule has 1 aliphatic heterocycles. The molecule has 1 aliphatic rings. The summed E-state index contributed by atoms with van der Waals surface area (Å²) in [5, 5.41) is 5.56. The maximum atomic E-state index is 13.4. The minimum atomic E-state index is -0.575. The fraction of sp³-hybridized carbons (Fsp3) is 0.200. The Hall–Kier alpha value is -1.27. The van der Waals surface area contributed by atoms with Crippen LogP contribution in [0.1, 0.15) is 0 Å². The Kier molecular flexibility index (Phi) is 3.86. The number of nitrogens with one attached hydrogen (secondary N) is 2. The van der Waals surface area contributed by atoms with Gasteiger partial charge in [0.15, 0.2) is 5.17 Å². The molecule has 1 aromatic rings. The smallest absolute Gasteiger partial charge is 0.304 e. The van der Waals surface area contributed by atoms with E-state index < -0.39 is 11.8 Å². The van der Waals surface area contributed by atoms with Crippen molar-refractivity contribution >= 4 is 40.2 Å². The van der Waals surface area contributed by atoms with Gasteiger partial charge in [0.05, 0.1) is 17.3 Å². The Morgan fingerprint density at radius 3 is 2.94 bits per heavy atom. The number of benzene rings is 1. The van der Waals surface area contributed by atoms with E-state index in [-0.39, 0.29) is 10.7 Å². The molecule has 0 atom stereocenters. The molecule has 2 N–H and O–H groups in total. The zero-order chi connectivity index (χ0) is 12.3. The van der Waals surface area contributed by atoms with Crippen molar-refractivity contribution in [2.45, 2.75) is 0 Å². The highest BCUT2D eigenvalue weighted by Crippen LogP contribution is 2.24. The average Bonchev–Trinajstić information content (AvgIpc) is 2.76. The first-order chi connectivity index (χ1) is 8.16. The second-order valence-electron chi connectivity index (χ2n) is 3.21. The van der Waals surface area contributed by atoms with E-state index in [0.717, 1.165) is 5.75 Å². The number of hydrogen-bond acceptors (Lipinski definition) is 3. The second-order valence-corrected chi connectivity index (χ2v) is 4.70. The summed E-state index contributed by atoms with van der Waals surface area (Å²) in [7, 11) is 0. The second kappa shape index (κ2) is 5.37. The molecule has 0 aliphatic carbocycles. The van der Waals surface area contributed by atoms with Crippen LogP contribution in [0.25, 0.3) is 0 Å². The molecule has 2 amide bonds. The van der Waals surface area contributed by atoms with E-state index in [4.69, 9.17) is 11.6 Å². The minimum Gasteiger partial charge on any atom is -0.304 e. The van der Waals surface area contributed by atoms with Gasteiger partial charge in [-0.1, -0.05) is 29.4 Å². The summed E-state index contributed by atoms with van der Waals surface area (Å²) in [6.45, 7) is 0.681. The number of hydrogen-bond donors (Lipinski definition) is 2. The van der Waals surface area contributed by atoms with Crippen LogP contribution in [-0.4, -0.2) is 23.5 Å².